The van der Waals surface area contributed by atoms with E-state index in [1.54, 1.807) is 0 Å². The van der Waals surface area contributed by atoms with E-state index in [-0.39, 0.29) is 5.91 Å². The van der Waals surface area contributed by atoms with Crippen LogP contribution in [0, 0.1) is 0 Å². The Bertz CT molecular complexity index is 545. The first-order chi connectivity index (χ1) is 9.22. The molecular formula is C14H14N2OS2. The van der Waals surface area contributed by atoms with Crippen molar-refractivity contribution in [2.45, 2.75) is 12.8 Å². The number of anilines is 1. The van der Waals surface area contributed by atoms with Gasteiger partial charge in [0.1, 0.15) is 4.32 Å². The number of nitrogens with zero attached hydrogens (tertiary/aromatic N) is 1. The lowest BCUT2D eigenvalue weighted by Gasteiger charge is -2.17. The summed E-state index contributed by atoms with van der Waals surface area (Å²) in [6.45, 7) is 2.29. The van der Waals surface area contributed by atoms with E-state index in [2.05, 4.69) is 34.5 Å². The van der Waals surface area contributed by atoms with Crippen molar-refractivity contribution >= 4 is 46.0 Å². The standard InChI is InChI=1S/C14H14N2OS2/c17-13-12(19-14(18)15-13)9-10-3-5-11(6-4-10)16-7-1-2-8-16/h3-6,9H,1-2,7-8H2,(H,15,17,18)/b12-9+. The minimum atomic E-state index is -0.0985. The van der Waals surface area contributed by atoms with E-state index in [9.17, 15) is 4.79 Å². The van der Waals surface area contributed by atoms with E-state index in [4.69, 9.17) is 12.2 Å². The normalized spacial score (nSPS) is 21.3. The van der Waals surface area contributed by atoms with Gasteiger partial charge >= 0.3 is 0 Å². The molecule has 3 nitrogen and oxygen atoms in total. The van der Waals surface area contributed by atoms with Crippen molar-refractivity contribution in [3.05, 3.63) is 34.7 Å². The van der Waals surface area contributed by atoms with Crippen molar-refractivity contribution in [1.29, 1.82) is 0 Å². The highest BCUT2D eigenvalue weighted by atomic mass is 32.2. The largest absolute Gasteiger partial charge is 0.372 e. The Morgan fingerprint density at radius 2 is 1.89 bits per heavy atom. The molecule has 0 bridgehead atoms. The highest BCUT2D eigenvalue weighted by molar-refractivity contribution is 8.26. The molecular weight excluding hydrogens is 276 g/mol. The molecule has 2 aliphatic rings. The van der Waals surface area contributed by atoms with Gasteiger partial charge in [-0.1, -0.05) is 36.1 Å². The molecule has 98 valence electrons. The number of amides is 1. The molecule has 0 unspecified atom stereocenters. The Labute approximate surface area is 122 Å². The molecule has 2 aliphatic heterocycles. The van der Waals surface area contributed by atoms with Crippen LogP contribution in [0.2, 0.25) is 0 Å². The fraction of sp³-hybridized carbons (Fsp3) is 0.286. The number of hydrogen-bond acceptors (Lipinski definition) is 4. The Morgan fingerprint density at radius 1 is 1.21 bits per heavy atom. The maximum absolute atomic E-state index is 11.6. The van der Waals surface area contributed by atoms with E-state index in [1.165, 1.54) is 30.3 Å². The van der Waals surface area contributed by atoms with Crippen molar-refractivity contribution in [2.24, 2.45) is 0 Å². The second kappa shape index (κ2) is 5.35. The lowest BCUT2D eigenvalue weighted by atomic mass is 10.2. The zero-order valence-corrected chi connectivity index (χ0v) is 12.0. The van der Waals surface area contributed by atoms with Gasteiger partial charge in [-0.05, 0) is 36.6 Å². The van der Waals surface area contributed by atoms with Gasteiger partial charge in [-0.15, -0.1) is 0 Å². The fourth-order valence-electron chi connectivity index (χ4n) is 2.33. The van der Waals surface area contributed by atoms with Crippen molar-refractivity contribution in [2.75, 3.05) is 18.0 Å². The number of nitrogens with one attached hydrogen (secondary N) is 1. The third-order valence-electron chi connectivity index (χ3n) is 3.30. The van der Waals surface area contributed by atoms with Gasteiger partial charge in [0.15, 0.2) is 0 Å². The smallest absolute Gasteiger partial charge is 0.263 e. The maximum atomic E-state index is 11.6. The summed E-state index contributed by atoms with van der Waals surface area (Å²) in [5.41, 5.74) is 2.30. The van der Waals surface area contributed by atoms with Crippen molar-refractivity contribution in [1.82, 2.24) is 5.32 Å². The average molecular weight is 290 g/mol. The predicted molar refractivity (Wildman–Crippen MR) is 84.2 cm³/mol. The highest BCUT2D eigenvalue weighted by Crippen LogP contribution is 2.27. The molecule has 5 heteroatoms. The molecule has 2 saturated heterocycles. The third-order valence-corrected chi connectivity index (χ3v) is 4.47. The molecule has 1 aromatic rings. The number of hydrogen-bond donors (Lipinski definition) is 1. The van der Waals surface area contributed by atoms with E-state index in [0.29, 0.717) is 9.23 Å². The van der Waals surface area contributed by atoms with Gasteiger partial charge in [0, 0.05) is 18.8 Å². The number of thiocarbonyl (C=S) groups is 1. The van der Waals surface area contributed by atoms with Gasteiger partial charge in [-0.3, -0.25) is 4.79 Å². The summed E-state index contributed by atoms with van der Waals surface area (Å²) < 4.78 is 0.532. The van der Waals surface area contributed by atoms with Crippen LogP contribution < -0.4 is 10.2 Å². The molecule has 0 spiro atoms. The van der Waals surface area contributed by atoms with Gasteiger partial charge < -0.3 is 10.2 Å². The SMILES string of the molecule is O=C1NC(=S)S/C1=C/c1ccc(N2CCCC2)cc1. The summed E-state index contributed by atoms with van der Waals surface area (Å²) in [5.74, 6) is -0.0985. The van der Waals surface area contributed by atoms with E-state index >= 15 is 0 Å². The van der Waals surface area contributed by atoms with Gasteiger partial charge in [-0.2, -0.15) is 0 Å². The first-order valence-corrected chi connectivity index (χ1v) is 7.55. The molecule has 2 heterocycles. The van der Waals surface area contributed by atoms with Crippen LogP contribution in [-0.2, 0) is 4.79 Å². The molecule has 1 N–H and O–H groups in total. The number of carbonyl (C=O) groups is 1. The molecule has 1 amide bonds. The topological polar surface area (TPSA) is 32.3 Å². The maximum Gasteiger partial charge on any atom is 0.263 e. The van der Waals surface area contributed by atoms with Crippen LogP contribution in [0.15, 0.2) is 29.2 Å². The molecule has 0 aromatic heterocycles. The quantitative estimate of drug-likeness (QED) is 0.670. The number of thioether (sulfide) groups is 1. The van der Waals surface area contributed by atoms with E-state index < -0.39 is 0 Å². The molecule has 2 fully saturated rings. The monoisotopic (exact) mass is 290 g/mol. The van der Waals surface area contributed by atoms with Crippen LogP contribution in [0.4, 0.5) is 5.69 Å². The van der Waals surface area contributed by atoms with Crippen LogP contribution in [0.5, 0.6) is 0 Å². The molecule has 0 radical (unpaired) electrons. The van der Waals surface area contributed by atoms with Gasteiger partial charge in [-0.25, -0.2) is 0 Å². The Morgan fingerprint density at radius 3 is 2.47 bits per heavy atom. The highest BCUT2D eigenvalue weighted by Gasteiger charge is 2.21. The zero-order valence-electron chi connectivity index (χ0n) is 10.4. The molecule has 19 heavy (non-hydrogen) atoms. The second-order valence-corrected chi connectivity index (χ2v) is 6.36. The van der Waals surface area contributed by atoms with Crippen molar-refractivity contribution in [3.63, 3.8) is 0 Å². The number of benzene rings is 1. The Hall–Kier alpha value is -1.33. The second-order valence-electron chi connectivity index (χ2n) is 4.64. The lowest BCUT2D eigenvalue weighted by Crippen LogP contribution is -2.17. The van der Waals surface area contributed by atoms with Crippen LogP contribution in [0.1, 0.15) is 18.4 Å². The minimum Gasteiger partial charge on any atom is -0.372 e. The van der Waals surface area contributed by atoms with Gasteiger partial charge in [0.05, 0.1) is 4.91 Å². The van der Waals surface area contributed by atoms with Crippen LogP contribution in [-0.4, -0.2) is 23.3 Å². The van der Waals surface area contributed by atoms with E-state index in [0.717, 1.165) is 18.7 Å². The minimum absolute atomic E-state index is 0.0985. The number of rotatable bonds is 2. The van der Waals surface area contributed by atoms with Crippen LogP contribution in [0.25, 0.3) is 6.08 Å². The zero-order chi connectivity index (χ0) is 13.2. The van der Waals surface area contributed by atoms with Crippen LogP contribution >= 0.6 is 24.0 Å². The van der Waals surface area contributed by atoms with Gasteiger partial charge in [0.2, 0.25) is 0 Å². The summed E-state index contributed by atoms with van der Waals surface area (Å²) in [6, 6.07) is 8.34. The van der Waals surface area contributed by atoms with E-state index in [1.807, 2.05) is 6.08 Å². The number of carbonyl (C=O) groups excluding carboxylic acids is 1. The Balaban J connectivity index is 1.77. The summed E-state index contributed by atoms with van der Waals surface area (Å²) >= 11 is 6.29. The first-order valence-electron chi connectivity index (χ1n) is 6.32. The lowest BCUT2D eigenvalue weighted by molar-refractivity contribution is -0.115. The Kier molecular flexibility index (Phi) is 3.57. The van der Waals surface area contributed by atoms with Gasteiger partial charge in [0.25, 0.3) is 5.91 Å². The summed E-state index contributed by atoms with van der Waals surface area (Å²) in [7, 11) is 0. The predicted octanol–water partition coefficient (Wildman–Crippen LogP) is 2.78. The fourth-order valence-corrected chi connectivity index (χ4v) is 3.37. The van der Waals surface area contributed by atoms with Crippen molar-refractivity contribution < 1.29 is 4.79 Å². The molecule has 1 aromatic carbocycles. The molecule has 0 saturated carbocycles. The average Bonchev–Trinajstić information content (AvgIpc) is 3.01. The molecule has 0 atom stereocenters. The van der Waals surface area contributed by atoms with Crippen molar-refractivity contribution in [3.8, 4) is 0 Å². The summed E-state index contributed by atoms with van der Waals surface area (Å²) in [5, 5.41) is 2.62. The molecule has 3 rings (SSSR count). The summed E-state index contributed by atoms with van der Waals surface area (Å²) in [6.07, 6.45) is 4.44. The third kappa shape index (κ3) is 2.82. The van der Waals surface area contributed by atoms with Crippen LogP contribution in [0.3, 0.4) is 0 Å². The molecule has 0 aliphatic carbocycles. The summed E-state index contributed by atoms with van der Waals surface area (Å²) in [4.78, 5) is 14.6. The first kappa shape index (κ1) is 12.7.